The number of nitrogens with zero attached hydrogens (tertiary/aromatic N) is 5. The quantitative estimate of drug-likeness (QED) is 0.159. The minimum atomic E-state index is 0.634. The third-order valence-electron chi connectivity index (χ3n) is 12.5. The zero-order valence-electron chi connectivity index (χ0n) is 32.3. The average molecular weight is 764 g/mol. The monoisotopic (exact) mass is 763 g/mol. The summed E-state index contributed by atoms with van der Waals surface area (Å²) >= 11 is 0. The Morgan fingerprint density at radius 1 is 0.283 bits per heavy atom. The fourth-order valence-corrected chi connectivity index (χ4v) is 10.1. The fourth-order valence-electron chi connectivity index (χ4n) is 10.1. The smallest absolute Gasteiger partial charge is 0.188 e. The van der Waals surface area contributed by atoms with E-state index in [-0.39, 0.29) is 0 Å². The Bertz CT molecular complexity index is 3930. The molecule has 4 aromatic heterocycles. The Hall–Kier alpha value is -8.33. The molecule has 0 radical (unpaired) electrons. The summed E-state index contributed by atoms with van der Waals surface area (Å²) in [5, 5.41) is 9.43. The molecule has 0 spiro atoms. The summed E-state index contributed by atoms with van der Waals surface area (Å²) in [6.07, 6.45) is 0. The van der Waals surface area contributed by atoms with Gasteiger partial charge in [0.25, 0.3) is 0 Å². The molecule has 0 aliphatic rings. The minimum absolute atomic E-state index is 0.634. The molecule has 0 N–H and O–H groups in total. The summed E-state index contributed by atoms with van der Waals surface area (Å²) in [4.78, 5) is 3.85. The minimum Gasteiger partial charge on any atom is -0.309 e. The number of fused-ring (bicyclic) bond motifs is 14. The van der Waals surface area contributed by atoms with Crippen LogP contribution in [-0.4, -0.2) is 18.3 Å². The molecular weight excluding hydrogens is 731 g/mol. The van der Waals surface area contributed by atoms with Crippen LogP contribution in [0.1, 0.15) is 0 Å². The maximum Gasteiger partial charge on any atom is 0.188 e. The van der Waals surface area contributed by atoms with Gasteiger partial charge in [-0.15, -0.1) is 0 Å². The number of aromatic nitrogens is 4. The molecule has 0 atom stereocenters. The van der Waals surface area contributed by atoms with E-state index >= 15 is 0 Å². The van der Waals surface area contributed by atoms with Crippen LogP contribution in [0.2, 0.25) is 0 Å². The van der Waals surface area contributed by atoms with Crippen LogP contribution in [0.5, 0.6) is 0 Å². The van der Waals surface area contributed by atoms with Crippen molar-refractivity contribution in [2.24, 2.45) is 0 Å². The van der Waals surface area contributed by atoms with E-state index in [1.807, 2.05) is 12.1 Å². The largest absolute Gasteiger partial charge is 0.309 e. The molecule has 13 rings (SSSR count). The van der Waals surface area contributed by atoms with Crippen LogP contribution in [0.3, 0.4) is 0 Å². The Balaban J connectivity index is 1.22. The van der Waals surface area contributed by atoms with Crippen LogP contribution in [-0.2, 0) is 0 Å². The molecule has 9 aromatic carbocycles. The number of rotatable bonds is 4. The van der Waals surface area contributed by atoms with Crippen molar-refractivity contribution in [2.45, 2.75) is 0 Å². The standard InChI is InChI=1S/C55H33N5/c1-56-35-25-29-48-44(33-35)42-28-32-51-53(55(42)59(48)38-19-9-4-10-20-38)45-34-39(26-30-49(45)58(51)37-17-7-3-8-18-37)60-46-23-13-11-21-40(46)41-27-31-50-52(54(41)60)43-22-12-14-24-47(43)57(50)36-15-5-2-6-16-36/h2-34H. The highest BCUT2D eigenvalue weighted by Crippen LogP contribution is 2.46. The molecule has 5 heteroatoms. The van der Waals surface area contributed by atoms with Gasteiger partial charge in [-0.2, -0.15) is 0 Å². The zero-order chi connectivity index (χ0) is 39.5. The number of para-hydroxylation sites is 5. The van der Waals surface area contributed by atoms with E-state index < -0.39 is 0 Å². The third-order valence-corrected chi connectivity index (χ3v) is 12.5. The van der Waals surface area contributed by atoms with Gasteiger partial charge in [-0.05, 0) is 96.4 Å². The normalized spacial score (nSPS) is 12.0. The maximum atomic E-state index is 7.89. The van der Waals surface area contributed by atoms with Gasteiger partial charge in [-0.25, -0.2) is 4.85 Å². The third kappa shape index (κ3) is 4.39. The molecule has 0 aliphatic heterocycles. The van der Waals surface area contributed by atoms with Gasteiger partial charge in [-0.1, -0.05) is 109 Å². The molecule has 5 nitrogen and oxygen atoms in total. The Morgan fingerprint density at radius 2 is 0.717 bits per heavy atom. The lowest BCUT2D eigenvalue weighted by Crippen LogP contribution is -1.96. The lowest BCUT2D eigenvalue weighted by atomic mass is 10.1. The van der Waals surface area contributed by atoms with Crippen LogP contribution in [0.15, 0.2) is 200 Å². The summed E-state index contributed by atoms with van der Waals surface area (Å²) in [6.45, 7) is 7.89. The van der Waals surface area contributed by atoms with Gasteiger partial charge in [0.15, 0.2) is 5.69 Å². The molecule has 278 valence electrons. The van der Waals surface area contributed by atoms with Gasteiger partial charge >= 0.3 is 0 Å². The average Bonchev–Trinajstić information content (AvgIpc) is 4.04. The Kier molecular flexibility index (Phi) is 6.73. The van der Waals surface area contributed by atoms with Gasteiger partial charge in [0, 0.05) is 60.5 Å². The number of hydrogen-bond donors (Lipinski definition) is 0. The van der Waals surface area contributed by atoms with Gasteiger partial charge < -0.3 is 18.3 Å². The highest BCUT2D eigenvalue weighted by atomic mass is 15.0. The molecule has 0 amide bonds. The van der Waals surface area contributed by atoms with Crippen molar-refractivity contribution in [1.82, 2.24) is 18.3 Å². The van der Waals surface area contributed by atoms with Crippen molar-refractivity contribution in [3.05, 3.63) is 212 Å². The van der Waals surface area contributed by atoms with E-state index in [0.29, 0.717) is 5.69 Å². The van der Waals surface area contributed by atoms with Crippen LogP contribution < -0.4 is 0 Å². The molecular formula is C55H33N5. The SMILES string of the molecule is [C-]#[N+]c1ccc2c(c1)c1ccc3c(c4cc(-n5c6ccccc6c6ccc7c(c8ccccc8n7-c7ccccc7)c65)ccc4n3-c3ccccc3)c1n2-c1ccccc1. The summed E-state index contributed by atoms with van der Waals surface area (Å²) < 4.78 is 9.70. The first kappa shape index (κ1) is 32.7. The second kappa shape index (κ2) is 12.3. The highest BCUT2D eigenvalue weighted by molar-refractivity contribution is 6.28. The highest BCUT2D eigenvalue weighted by Gasteiger charge is 2.24. The van der Waals surface area contributed by atoms with E-state index in [4.69, 9.17) is 6.57 Å². The molecule has 0 bridgehead atoms. The summed E-state index contributed by atoms with van der Waals surface area (Å²) in [7, 11) is 0. The van der Waals surface area contributed by atoms with Crippen molar-refractivity contribution in [2.75, 3.05) is 0 Å². The van der Waals surface area contributed by atoms with E-state index in [9.17, 15) is 0 Å². The lowest BCUT2D eigenvalue weighted by molar-refractivity contribution is 1.16. The van der Waals surface area contributed by atoms with Crippen molar-refractivity contribution >= 4 is 92.9 Å². The summed E-state index contributed by atoms with van der Waals surface area (Å²) in [5.41, 5.74) is 14.2. The first-order valence-electron chi connectivity index (χ1n) is 20.3. The summed E-state index contributed by atoms with van der Waals surface area (Å²) in [5.74, 6) is 0. The van der Waals surface area contributed by atoms with E-state index in [1.165, 1.54) is 43.5 Å². The summed E-state index contributed by atoms with van der Waals surface area (Å²) in [6, 6.07) is 71.9. The van der Waals surface area contributed by atoms with Crippen LogP contribution in [0.25, 0.3) is 115 Å². The van der Waals surface area contributed by atoms with Gasteiger partial charge in [0.05, 0.1) is 50.7 Å². The number of benzene rings is 9. The van der Waals surface area contributed by atoms with Gasteiger partial charge in [0.2, 0.25) is 0 Å². The van der Waals surface area contributed by atoms with E-state index in [1.54, 1.807) is 0 Å². The van der Waals surface area contributed by atoms with E-state index in [2.05, 4.69) is 211 Å². The Morgan fingerprint density at radius 3 is 1.33 bits per heavy atom. The van der Waals surface area contributed by atoms with E-state index in [0.717, 1.165) is 66.5 Å². The lowest BCUT2D eigenvalue weighted by Gasteiger charge is -2.11. The molecule has 0 fully saturated rings. The number of hydrogen-bond acceptors (Lipinski definition) is 0. The zero-order valence-corrected chi connectivity index (χ0v) is 32.3. The molecule has 0 saturated carbocycles. The molecule has 4 heterocycles. The molecule has 0 unspecified atom stereocenters. The van der Waals surface area contributed by atoms with Crippen LogP contribution in [0, 0.1) is 6.57 Å². The van der Waals surface area contributed by atoms with Gasteiger partial charge in [-0.3, -0.25) is 0 Å². The van der Waals surface area contributed by atoms with Crippen molar-refractivity contribution in [3.63, 3.8) is 0 Å². The predicted octanol–water partition coefficient (Wildman–Crippen LogP) is 14.6. The van der Waals surface area contributed by atoms with Crippen LogP contribution >= 0.6 is 0 Å². The maximum absolute atomic E-state index is 7.89. The molecule has 0 aliphatic carbocycles. The Labute approximate surface area is 344 Å². The predicted molar refractivity (Wildman–Crippen MR) is 250 cm³/mol. The van der Waals surface area contributed by atoms with Crippen LogP contribution in [0.4, 0.5) is 5.69 Å². The fraction of sp³-hybridized carbons (Fsp3) is 0. The second-order valence-electron chi connectivity index (χ2n) is 15.6. The topological polar surface area (TPSA) is 24.1 Å². The first-order valence-corrected chi connectivity index (χ1v) is 20.3. The molecule has 60 heavy (non-hydrogen) atoms. The van der Waals surface area contributed by atoms with Crippen molar-refractivity contribution < 1.29 is 0 Å². The van der Waals surface area contributed by atoms with Crippen molar-refractivity contribution in [3.8, 4) is 22.7 Å². The second-order valence-corrected chi connectivity index (χ2v) is 15.6. The molecule has 13 aromatic rings. The molecule has 0 saturated heterocycles. The van der Waals surface area contributed by atoms with Gasteiger partial charge in [0.1, 0.15) is 0 Å². The first-order chi connectivity index (χ1) is 29.8. The van der Waals surface area contributed by atoms with Crippen molar-refractivity contribution in [1.29, 1.82) is 0 Å².